The van der Waals surface area contributed by atoms with Crippen molar-refractivity contribution < 1.29 is 23.1 Å². The Labute approximate surface area is 127 Å². The van der Waals surface area contributed by atoms with E-state index in [0.29, 0.717) is 0 Å². The van der Waals surface area contributed by atoms with Crippen LogP contribution in [0.3, 0.4) is 0 Å². The van der Waals surface area contributed by atoms with Gasteiger partial charge in [-0.15, -0.1) is 0 Å². The van der Waals surface area contributed by atoms with Gasteiger partial charge in [-0.2, -0.15) is 0 Å². The predicted octanol–water partition coefficient (Wildman–Crippen LogP) is 2.33. The van der Waals surface area contributed by atoms with Gasteiger partial charge in [-0.3, -0.25) is 9.69 Å². The number of hydrogen-bond donors (Lipinski definition) is 0. The molecule has 1 aliphatic heterocycles. The van der Waals surface area contributed by atoms with Gasteiger partial charge in [0.1, 0.15) is 11.6 Å². The van der Waals surface area contributed by atoms with Crippen molar-refractivity contribution in [2.75, 3.05) is 18.5 Å². The highest BCUT2D eigenvalue weighted by atomic mass is 127. The summed E-state index contributed by atoms with van der Waals surface area (Å²) in [6.07, 6.45) is -1.52. The molecule has 0 bridgehead atoms. The number of likely N-dealkylation sites (N-methyl/N-ethyl adjacent to an activating group) is 1. The Hall–Kier alpha value is -1.45. The number of carbonyl (C=O) groups is 2. The first-order valence-electron chi connectivity index (χ1n) is 5.67. The first-order valence-corrected chi connectivity index (χ1v) is 6.75. The number of halogens is 3. The lowest BCUT2D eigenvalue weighted by molar-refractivity contribution is -0.134. The average Bonchev–Trinajstić information content (AvgIpc) is 2.76. The van der Waals surface area contributed by atoms with E-state index in [2.05, 4.69) is 0 Å². The fourth-order valence-electron chi connectivity index (χ4n) is 1.76. The Morgan fingerprint density at radius 2 is 2.00 bits per heavy atom. The lowest BCUT2D eigenvalue weighted by Gasteiger charge is -2.20. The minimum absolute atomic E-state index is 0.0222. The van der Waals surface area contributed by atoms with Crippen molar-refractivity contribution in [3.63, 3.8) is 0 Å². The molecule has 1 aromatic rings. The highest BCUT2D eigenvalue weighted by Gasteiger charge is 2.36. The summed E-state index contributed by atoms with van der Waals surface area (Å²) < 4.78 is 31.9. The van der Waals surface area contributed by atoms with Gasteiger partial charge in [-0.25, -0.2) is 13.6 Å². The van der Waals surface area contributed by atoms with Crippen molar-refractivity contribution in [1.29, 1.82) is 0 Å². The maximum atomic E-state index is 13.5. The van der Waals surface area contributed by atoms with Gasteiger partial charge in [0, 0.05) is 14.0 Å². The third kappa shape index (κ3) is 2.69. The number of rotatable bonds is 2. The normalized spacial score (nSPS) is 18.1. The van der Waals surface area contributed by atoms with Crippen LogP contribution in [-0.2, 0) is 9.53 Å². The van der Waals surface area contributed by atoms with Crippen LogP contribution in [0.5, 0.6) is 0 Å². The molecule has 1 aliphatic rings. The van der Waals surface area contributed by atoms with Crippen LogP contribution in [0, 0.1) is 15.2 Å². The molecule has 2 rings (SSSR count). The second-order valence-corrected chi connectivity index (χ2v) is 5.38. The Morgan fingerprint density at radius 1 is 1.45 bits per heavy atom. The number of anilines is 1. The zero-order valence-electron chi connectivity index (χ0n) is 10.7. The van der Waals surface area contributed by atoms with Crippen molar-refractivity contribution in [1.82, 2.24) is 4.90 Å². The molecule has 0 spiro atoms. The van der Waals surface area contributed by atoms with Crippen LogP contribution in [0.15, 0.2) is 12.1 Å². The third-order valence-electron chi connectivity index (χ3n) is 3.00. The van der Waals surface area contributed by atoms with Crippen LogP contribution in [-0.4, -0.2) is 36.7 Å². The largest absolute Gasteiger partial charge is 0.423 e. The van der Waals surface area contributed by atoms with Gasteiger partial charge in [0.25, 0.3) is 0 Å². The molecule has 5 nitrogen and oxygen atoms in total. The number of hydrogen-bond acceptors (Lipinski definition) is 3. The summed E-state index contributed by atoms with van der Waals surface area (Å²) in [5.41, 5.74) is 0.0601. The highest BCUT2D eigenvalue weighted by molar-refractivity contribution is 14.1. The first-order chi connectivity index (χ1) is 9.31. The molecule has 0 saturated carbocycles. The van der Waals surface area contributed by atoms with Crippen LogP contribution < -0.4 is 4.90 Å². The molecule has 8 heteroatoms. The van der Waals surface area contributed by atoms with Crippen LogP contribution >= 0.6 is 22.6 Å². The second-order valence-electron chi connectivity index (χ2n) is 4.30. The molecule has 1 saturated heterocycles. The van der Waals surface area contributed by atoms with E-state index in [-0.39, 0.29) is 21.7 Å². The van der Waals surface area contributed by atoms with E-state index in [1.165, 1.54) is 41.5 Å². The molecular weight excluding hydrogens is 385 g/mol. The molecule has 0 aliphatic carbocycles. The summed E-state index contributed by atoms with van der Waals surface area (Å²) in [5, 5.41) is 0. The van der Waals surface area contributed by atoms with E-state index in [9.17, 15) is 18.4 Å². The molecule has 1 aromatic carbocycles. The standard InChI is InChI=1S/C12H11F2IN2O3/c1-6(18)16(2)10-5-17(12(19)20-10)7-3-8(13)11(15)9(14)4-7/h3-4,10H,5H2,1-2H3/t10-/m0/s1. The van der Waals surface area contributed by atoms with Crippen molar-refractivity contribution in [2.45, 2.75) is 13.2 Å². The molecule has 1 fully saturated rings. The molecule has 20 heavy (non-hydrogen) atoms. The zero-order valence-corrected chi connectivity index (χ0v) is 12.8. The van der Waals surface area contributed by atoms with Crippen LogP contribution in [0.4, 0.5) is 19.3 Å². The maximum absolute atomic E-state index is 13.5. The van der Waals surface area contributed by atoms with Crippen LogP contribution in [0.2, 0.25) is 0 Å². The summed E-state index contributed by atoms with van der Waals surface area (Å²) in [5.74, 6) is -1.78. The summed E-state index contributed by atoms with van der Waals surface area (Å²) in [6.45, 7) is 1.36. The number of nitrogens with zero attached hydrogens (tertiary/aromatic N) is 2. The van der Waals surface area contributed by atoms with Gasteiger partial charge in [0.05, 0.1) is 15.8 Å². The van der Waals surface area contributed by atoms with E-state index in [1.807, 2.05) is 0 Å². The van der Waals surface area contributed by atoms with Crippen LogP contribution in [0.1, 0.15) is 6.92 Å². The van der Waals surface area contributed by atoms with E-state index in [0.717, 1.165) is 17.0 Å². The van der Waals surface area contributed by atoms with Crippen molar-refractivity contribution in [3.8, 4) is 0 Å². The second kappa shape index (κ2) is 5.51. The number of ether oxygens (including phenoxy) is 1. The molecule has 2 amide bonds. The molecule has 0 aromatic heterocycles. The quantitative estimate of drug-likeness (QED) is 0.570. The smallest absolute Gasteiger partial charge is 0.416 e. The average molecular weight is 396 g/mol. The van der Waals surface area contributed by atoms with Crippen LogP contribution in [0.25, 0.3) is 0 Å². The molecule has 0 radical (unpaired) electrons. The van der Waals surface area contributed by atoms with Gasteiger partial charge in [-0.05, 0) is 34.7 Å². The summed E-state index contributed by atoms with van der Waals surface area (Å²) in [4.78, 5) is 25.3. The minimum Gasteiger partial charge on any atom is -0.423 e. The van der Waals surface area contributed by atoms with Gasteiger partial charge in [-0.1, -0.05) is 0 Å². The third-order valence-corrected chi connectivity index (χ3v) is 4.04. The number of cyclic esters (lactones) is 1. The highest BCUT2D eigenvalue weighted by Crippen LogP contribution is 2.27. The lowest BCUT2D eigenvalue weighted by atomic mass is 10.2. The Bertz CT molecular complexity index is 559. The Morgan fingerprint density at radius 3 is 2.50 bits per heavy atom. The summed E-state index contributed by atoms with van der Waals surface area (Å²) in [7, 11) is 1.48. The van der Waals surface area contributed by atoms with Gasteiger partial charge in [0.15, 0.2) is 6.23 Å². The fraction of sp³-hybridized carbons (Fsp3) is 0.333. The zero-order chi connectivity index (χ0) is 15.0. The topological polar surface area (TPSA) is 49.9 Å². The van der Waals surface area contributed by atoms with E-state index in [4.69, 9.17) is 4.74 Å². The Kier molecular flexibility index (Phi) is 4.11. The maximum Gasteiger partial charge on any atom is 0.416 e. The minimum atomic E-state index is -0.773. The SMILES string of the molecule is CC(=O)N(C)[C@@H]1CN(c2cc(F)c(I)c(F)c2)C(=O)O1. The molecule has 0 unspecified atom stereocenters. The first kappa shape index (κ1) is 14.9. The molecule has 1 atom stereocenters. The van der Waals surface area contributed by atoms with E-state index in [1.54, 1.807) is 0 Å². The summed E-state index contributed by atoms with van der Waals surface area (Å²) in [6, 6.07) is 2.12. The molecule has 1 heterocycles. The predicted molar refractivity (Wildman–Crippen MR) is 75.1 cm³/mol. The Balaban J connectivity index is 2.26. The lowest BCUT2D eigenvalue weighted by Crippen LogP contribution is -2.38. The van der Waals surface area contributed by atoms with E-state index < -0.39 is 24.0 Å². The van der Waals surface area contributed by atoms with Gasteiger partial charge >= 0.3 is 6.09 Å². The summed E-state index contributed by atoms with van der Waals surface area (Å²) >= 11 is 1.54. The molecular formula is C12H11F2IN2O3. The number of benzene rings is 1. The van der Waals surface area contributed by atoms with Crippen molar-refractivity contribution >= 4 is 40.3 Å². The number of amides is 2. The van der Waals surface area contributed by atoms with Gasteiger partial charge < -0.3 is 9.64 Å². The number of carbonyl (C=O) groups excluding carboxylic acids is 2. The van der Waals surface area contributed by atoms with Gasteiger partial charge in [0.2, 0.25) is 5.91 Å². The monoisotopic (exact) mass is 396 g/mol. The molecule has 108 valence electrons. The van der Waals surface area contributed by atoms with Crippen molar-refractivity contribution in [2.24, 2.45) is 0 Å². The van der Waals surface area contributed by atoms with E-state index >= 15 is 0 Å². The molecule has 0 N–H and O–H groups in total. The fourth-order valence-corrected chi connectivity index (χ4v) is 2.07. The van der Waals surface area contributed by atoms with Crippen molar-refractivity contribution in [3.05, 3.63) is 27.3 Å².